The molecule has 1 heterocycles. The Morgan fingerprint density at radius 1 is 0.927 bits per heavy atom. The number of nitrogens with zero attached hydrogens (tertiary/aromatic N) is 2. The van der Waals surface area contributed by atoms with Crippen LogP contribution in [0.5, 0.6) is 0 Å². The van der Waals surface area contributed by atoms with E-state index >= 15 is 0 Å². The van der Waals surface area contributed by atoms with E-state index in [9.17, 15) is 19.5 Å². The number of amides is 2. The van der Waals surface area contributed by atoms with Crippen molar-refractivity contribution in [3.63, 3.8) is 0 Å². The Bertz CT molecular complexity index is 1420. The first-order chi connectivity index (χ1) is 19.8. The summed E-state index contributed by atoms with van der Waals surface area (Å²) in [6.07, 6.45) is 1.24. The number of fused-ring (bicyclic) bond motifs is 3. The summed E-state index contributed by atoms with van der Waals surface area (Å²) in [5, 5.41) is 12.9. The lowest BCUT2D eigenvalue weighted by Gasteiger charge is -2.47. The topological polar surface area (TPSA) is 99.2 Å². The van der Waals surface area contributed by atoms with Gasteiger partial charge < -0.3 is 20.1 Å². The van der Waals surface area contributed by atoms with E-state index in [4.69, 9.17) is 4.74 Å². The summed E-state index contributed by atoms with van der Waals surface area (Å²) >= 11 is 0. The first kappa shape index (κ1) is 27.0. The third-order valence-electron chi connectivity index (χ3n) is 9.22. The van der Waals surface area contributed by atoms with Gasteiger partial charge in [-0.3, -0.25) is 9.69 Å². The first-order valence-electron chi connectivity index (χ1n) is 14.2. The number of likely N-dealkylation sites (tertiary alicyclic amines) is 1. The van der Waals surface area contributed by atoms with Crippen LogP contribution in [0.2, 0.25) is 0 Å². The molecule has 3 aliphatic rings. The molecule has 2 amide bonds. The number of rotatable bonds is 8. The molecule has 3 aromatic rings. The van der Waals surface area contributed by atoms with Crippen molar-refractivity contribution in [2.45, 2.75) is 49.2 Å². The summed E-state index contributed by atoms with van der Waals surface area (Å²) in [5.41, 5.74) is 3.07. The van der Waals surface area contributed by atoms with E-state index < -0.39 is 23.1 Å². The molecule has 1 saturated heterocycles. The van der Waals surface area contributed by atoms with Gasteiger partial charge in [-0.2, -0.15) is 0 Å². The maximum atomic E-state index is 14.1. The van der Waals surface area contributed by atoms with E-state index in [0.29, 0.717) is 32.4 Å². The Kier molecular flexibility index (Phi) is 7.03. The third-order valence-corrected chi connectivity index (χ3v) is 9.22. The summed E-state index contributed by atoms with van der Waals surface area (Å²) in [7, 11) is 1.55. The lowest BCUT2D eigenvalue weighted by Crippen LogP contribution is -2.68. The summed E-state index contributed by atoms with van der Waals surface area (Å²) in [5.74, 6) is -1.50. The average molecular weight is 554 g/mol. The number of likely N-dealkylation sites (N-methyl/N-ethyl adjacent to an activating group) is 1. The Labute approximate surface area is 239 Å². The smallest absolute Gasteiger partial charge is 0.408 e. The van der Waals surface area contributed by atoms with Gasteiger partial charge in [-0.25, -0.2) is 9.59 Å². The number of hydrogen-bond acceptors (Lipinski definition) is 5. The van der Waals surface area contributed by atoms with E-state index in [1.54, 1.807) is 7.05 Å². The molecule has 0 bridgehead atoms. The minimum Gasteiger partial charge on any atom is -0.479 e. The molecule has 8 heteroatoms. The number of hydrogen-bond donors (Lipinski definition) is 2. The number of aliphatic carboxylic acids is 1. The fraction of sp³-hybridized carbons (Fsp3) is 0.364. The van der Waals surface area contributed by atoms with Crippen LogP contribution in [-0.2, 0) is 20.9 Å². The molecule has 1 aliphatic heterocycles. The highest BCUT2D eigenvalue weighted by molar-refractivity contribution is 5.95. The van der Waals surface area contributed by atoms with Crippen LogP contribution in [0.25, 0.3) is 11.1 Å². The first-order valence-corrected chi connectivity index (χ1v) is 14.2. The second-order valence-electron chi connectivity index (χ2n) is 11.5. The highest BCUT2D eigenvalue weighted by atomic mass is 16.5. The van der Waals surface area contributed by atoms with Gasteiger partial charge >= 0.3 is 12.1 Å². The molecule has 2 aliphatic carbocycles. The number of nitrogens with one attached hydrogen (secondary N) is 1. The SMILES string of the molecule is CN(C(=O)C1(NC(=O)OCC2c3ccccc3-c3ccccc32)CCN(Cc2ccccc2)C1)C1(C(=O)O)CCC1. The van der Waals surface area contributed by atoms with Crippen LogP contribution in [0.1, 0.15) is 48.3 Å². The predicted molar refractivity (Wildman–Crippen MR) is 154 cm³/mol. The van der Waals surface area contributed by atoms with Gasteiger partial charge in [-0.05, 0) is 53.5 Å². The monoisotopic (exact) mass is 553 g/mol. The fourth-order valence-corrected chi connectivity index (χ4v) is 6.75. The fourth-order valence-electron chi connectivity index (χ4n) is 6.75. The molecule has 3 aromatic carbocycles. The zero-order valence-corrected chi connectivity index (χ0v) is 23.2. The van der Waals surface area contributed by atoms with E-state index in [-0.39, 0.29) is 25.0 Å². The van der Waals surface area contributed by atoms with Crippen LogP contribution in [0.3, 0.4) is 0 Å². The molecule has 2 N–H and O–H groups in total. The van der Waals surface area contributed by atoms with E-state index in [2.05, 4.69) is 34.5 Å². The summed E-state index contributed by atoms with van der Waals surface area (Å²) < 4.78 is 5.83. The summed E-state index contributed by atoms with van der Waals surface area (Å²) in [6.45, 7) is 1.60. The third kappa shape index (κ3) is 4.76. The number of ether oxygens (including phenoxy) is 1. The Hall–Kier alpha value is -4.17. The minimum absolute atomic E-state index is 0.106. The number of benzene rings is 3. The van der Waals surface area contributed by atoms with Crippen molar-refractivity contribution in [2.24, 2.45) is 0 Å². The van der Waals surface area contributed by atoms with Gasteiger partial charge in [0, 0.05) is 32.6 Å². The molecule has 1 saturated carbocycles. The number of alkyl carbamates (subject to hydrolysis) is 1. The molecule has 212 valence electrons. The average Bonchev–Trinajstić information content (AvgIpc) is 3.50. The van der Waals surface area contributed by atoms with Crippen LogP contribution < -0.4 is 5.32 Å². The molecule has 0 aromatic heterocycles. The molecule has 8 nitrogen and oxygen atoms in total. The van der Waals surface area contributed by atoms with Crippen molar-refractivity contribution in [3.05, 3.63) is 95.6 Å². The molecule has 0 radical (unpaired) electrons. The summed E-state index contributed by atoms with van der Waals surface area (Å²) in [4.78, 5) is 43.2. The lowest BCUT2D eigenvalue weighted by molar-refractivity contribution is -0.166. The minimum atomic E-state index is -1.29. The van der Waals surface area contributed by atoms with Crippen molar-refractivity contribution < 1.29 is 24.2 Å². The normalized spacial score (nSPS) is 20.9. The molecule has 1 unspecified atom stereocenters. The molecular weight excluding hydrogens is 518 g/mol. The van der Waals surface area contributed by atoms with Crippen LogP contribution in [0.4, 0.5) is 4.79 Å². The van der Waals surface area contributed by atoms with Crippen molar-refractivity contribution in [1.82, 2.24) is 15.1 Å². The largest absolute Gasteiger partial charge is 0.479 e. The molecule has 0 spiro atoms. The van der Waals surface area contributed by atoms with Crippen molar-refractivity contribution in [2.75, 3.05) is 26.7 Å². The van der Waals surface area contributed by atoms with Gasteiger partial charge in [0.05, 0.1) is 0 Å². The van der Waals surface area contributed by atoms with E-state index in [0.717, 1.165) is 34.2 Å². The van der Waals surface area contributed by atoms with Gasteiger partial charge in [0.2, 0.25) is 0 Å². The molecule has 2 fully saturated rings. The van der Waals surface area contributed by atoms with Crippen LogP contribution in [-0.4, -0.2) is 70.7 Å². The van der Waals surface area contributed by atoms with Gasteiger partial charge in [0.15, 0.2) is 0 Å². The molecule has 1 atom stereocenters. The maximum Gasteiger partial charge on any atom is 0.408 e. The Morgan fingerprint density at radius 2 is 1.54 bits per heavy atom. The summed E-state index contributed by atoms with van der Waals surface area (Å²) in [6, 6.07) is 26.2. The molecular formula is C33H35N3O5. The lowest BCUT2D eigenvalue weighted by atomic mass is 9.74. The Morgan fingerprint density at radius 3 is 2.12 bits per heavy atom. The van der Waals surface area contributed by atoms with Crippen LogP contribution >= 0.6 is 0 Å². The second kappa shape index (κ2) is 10.7. The van der Waals surface area contributed by atoms with Crippen molar-refractivity contribution >= 4 is 18.0 Å². The number of carbonyl (C=O) groups is 3. The maximum absolute atomic E-state index is 14.1. The van der Waals surface area contributed by atoms with Crippen molar-refractivity contribution in [3.8, 4) is 11.1 Å². The van der Waals surface area contributed by atoms with E-state index in [1.165, 1.54) is 4.90 Å². The zero-order valence-electron chi connectivity index (χ0n) is 23.2. The van der Waals surface area contributed by atoms with Gasteiger partial charge in [-0.15, -0.1) is 0 Å². The number of carboxylic acids is 1. The zero-order chi connectivity index (χ0) is 28.6. The van der Waals surface area contributed by atoms with E-state index in [1.807, 2.05) is 54.6 Å². The second-order valence-corrected chi connectivity index (χ2v) is 11.5. The van der Waals surface area contributed by atoms with Gasteiger partial charge in [0.25, 0.3) is 5.91 Å². The van der Waals surface area contributed by atoms with Crippen LogP contribution in [0, 0.1) is 0 Å². The molecule has 6 rings (SSSR count). The molecule has 41 heavy (non-hydrogen) atoms. The Balaban J connectivity index is 1.21. The number of carboxylic acid groups (broad SMARTS) is 1. The highest BCUT2D eigenvalue weighted by Gasteiger charge is 2.56. The van der Waals surface area contributed by atoms with Crippen molar-refractivity contribution in [1.29, 1.82) is 0 Å². The predicted octanol–water partition coefficient (Wildman–Crippen LogP) is 4.64. The quantitative estimate of drug-likeness (QED) is 0.422. The van der Waals surface area contributed by atoms with Gasteiger partial charge in [0.1, 0.15) is 17.7 Å². The van der Waals surface area contributed by atoms with Crippen LogP contribution in [0.15, 0.2) is 78.9 Å². The van der Waals surface area contributed by atoms with Gasteiger partial charge in [-0.1, -0.05) is 78.9 Å². The highest BCUT2D eigenvalue weighted by Crippen LogP contribution is 2.44. The number of carbonyl (C=O) groups excluding carboxylic acids is 2. The standard InChI is InChI=1S/C33H35N3O5/c1-35(33(30(38)39)16-9-17-33)29(37)32(18-19-36(22-32)20-23-10-3-2-4-11-23)34-31(40)41-21-28-26-14-7-5-12-24(26)25-13-6-8-15-27(25)28/h2-8,10-15,28H,9,16-22H2,1H3,(H,34,40)(H,38,39).